The van der Waals surface area contributed by atoms with E-state index in [1.807, 2.05) is 5.38 Å². The smallest absolute Gasteiger partial charge is 0.241 e. The quantitative estimate of drug-likeness (QED) is 0.799. The number of rotatable bonds is 5. The third-order valence-electron chi connectivity index (χ3n) is 2.18. The molecular weight excluding hydrogens is 238 g/mol. The first-order valence-electron chi connectivity index (χ1n) is 5.17. The van der Waals surface area contributed by atoms with Gasteiger partial charge in [0.15, 0.2) is 0 Å². The molecule has 2 aromatic heterocycles. The van der Waals surface area contributed by atoms with E-state index in [0.29, 0.717) is 6.54 Å². The summed E-state index contributed by atoms with van der Waals surface area (Å²) in [6.07, 6.45) is 2.28. The Balaban J connectivity index is 1.71. The van der Waals surface area contributed by atoms with Gasteiger partial charge in [-0.05, 0) is 28.8 Å². The number of nitrogens with zero attached hydrogens (tertiary/aromatic N) is 3. The van der Waals surface area contributed by atoms with Crippen molar-refractivity contribution >= 4 is 23.2 Å². The van der Waals surface area contributed by atoms with Crippen molar-refractivity contribution in [2.45, 2.75) is 13.0 Å². The van der Waals surface area contributed by atoms with Crippen LogP contribution in [0.25, 0.3) is 0 Å². The summed E-state index contributed by atoms with van der Waals surface area (Å²) in [6, 6.07) is 2.05. The molecule has 0 fully saturated rings. The number of anilines is 1. The highest BCUT2D eigenvalue weighted by molar-refractivity contribution is 7.07. The highest BCUT2D eigenvalue weighted by atomic mass is 32.1. The van der Waals surface area contributed by atoms with Crippen molar-refractivity contribution in [1.82, 2.24) is 20.1 Å². The first-order valence-corrected chi connectivity index (χ1v) is 6.11. The molecule has 2 rings (SSSR count). The van der Waals surface area contributed by atoms with Crippen LogP contribution in [0.15, 0.2) is 23.2 Å². The van der Waals surface area contributed by atoms with Crippen molar-refractivity contribution in [3.8, 4) is 0 Å². The van der Waals surface area contributed by atoms with Crippen molar-refractivity contribution < 1.29 is 4.79 Å². The van der Waals surface area contributed by atoms with Crippen LogP contribution >= 0.6 is 11.3 Å². The fraction of sp³-hybridized carbons (Fsp3) is 0.300. The predicted molar refractivity (Wildman–Crippen MR) is 65.5 cm³/mol. The Morgan fingerprint density at radius 3 is 3.12 bits per heavy atom. The standard InChI is InChI=1S/C10H13N5OS/c11-10-13-7-15(14-10)5-9(16)12-3-1-8-2-4-17-6-8/h2,4,6-7H,1,3,5H2,(H2,11,14)(H,12,16). The lowest BCUT2D eigenvalue weighted by Gasteiger charge is -2.03. The maximum Gasteiger partial charge on any atom is 0.241 e. The van der Waals surface area contributed by atoms with Crippen molar-refractivity contribution in [2.24, 2.45) is 0 Å². The summed E-state index contributed by atoms with van der Waals surface area (Å²) >= 11 is 1.65. The average molecular weight is 251 g/mol. The molecule has 0 aliphatic carbocycles. The number of nitrogen functional groups attached to an aromatic ring is 1. The van der Waals surface area contributed by atoms with Gasteiger partial charge in [0, 0.05) is 6.54 Å². The highest BCUT2D eigenvalue weighted by Crippen LogP contribution is 2.05. The lowest BCUT2D eigenvalue weighted by molar-refractivity contribution is -0.121. The molecule has 17 heavy (non-hydrogen) atoms. The van der Waals surface area contributed by atoms with Crippen LogP contribution in [0, 0.1) is 0 Å². The molecule has 2 heterocycles. The molecule has 0 spiro atoms. The molecular formula is C10H13N5OS. The van der Waals surface area contributed by atoms with Gasteiger partial charge in [-0.2, -0.15) is 11.3 Å². The van der Waals surface area contributed by atoms with E-state index in [4.69, 9.17) is 5.73 Å². The third-order valence-corrected chi connectivity index (χ3v) is 2.91. The van der Waals surface area contributed by atoms with Crippen molar-refractivity contribution in [2.75, 3.05) is 12.3 Å². The lowest BCUT2D eigenvalue weighted by Crippen LogP contribution is -2.29. The van der Waals surface area contributed by atoms with Gasteiger partial charge in [-0.15, -0.1) is 5.10 Å². The molecule has 7 heteroatoms. The summed E-state index contributed by atoms with van der Waals surface area (Å²) in [7, 11) is 0. The van der Waals surface area contributed by atoms with E-state index in [0.717, 1.165) is 6.42 Å². The number of hydrogen-bond donors (Lipinski definition) is 2. The van der Waals surface area contributed by atoms with Gasteiger partial charge >= 0.3 is 0 Å². The number of aromatic nitrogens is 3. The monoisotopic (exact) mass is 251 g/mol. The Bertz CT molecular complexity index is 479. The number of thiophene rings is 1. The molecule has 0 radical (unpaired) electrons. The normalized spacial score (nSPS) is 10.4. The summed E-state index contributed by atoms with van der Waals surface area (Å²) in [6.45, 7) is 0.771. The van der Waals surface area contributed by atoms with Gasteiger partial charge < -0.3 is 11.1 Å². The highest BCUT2D eigenvalue weighted by Gasteiger charge is 2.04. The van der Waals surface area contributed by atoms with Gasteiger partial charge in [0.05, 0.1) is 0 Å². The minimum absolute atomic E-state index is 0.0925. The van der Waals surface area contributed by atoms with E-state index in [2.05, 4.69) is 26.8 Å². The van der Waals surface area contributed by atoms with Crippen LogP contribution in [0.4, 0.5) is 5.95 Å². The van der Waals surface area contributed by atoms with Crippen molar-refractivity contribution in [3.63, 3.8) is 0 Å². The van der Waals surface area contributed by atoms with Gasteiger partial charge in [-0.1, -0.05) is 0 Å². The summed E-state index contributed by atoms with van der Waals surface area (Å²) in [4.78, 5) is 15.3. The second kappa shape index (κ2) is 5.44. The van der Waals surface area contributed by atoms with Gasteiger partial charge in [0.2, 0.25) is 11.9 Å². The molecule has 1 amide bonds. The molecule has 90 valence electrons. The maximum atomic E-state index is 11.5. The summed E-state index contributed by atoms with van der Waals surface area (Å²) in [5, 5.41) is 10.7. The maximum absolute atomic E-state index is 11.5. The molecule has 0 aliphatic rings. The number of carbonyl (C=O) groups excluding carboxylic acids is 1. The van der Waals surface area contributed by atoms with Crippen LogP contribution in [0.2, 0.25) is 0 Å². The van der Waals surface area contributed by atoms with Gasteiger partial charge in [-0.3, -0.25) is 4.79 Å². The number of nitrogens with one attached hydrogen (secondary N) is 1. The SMILES string of the molecule is Nc1ncn(CC(=O)NCCc2ccsc2)n1. The molecule has 3 N–H and O–H groups in total. The number of nitrogens with two attached hydrogens (primary N) is 1. The third kappa shape index (κ3) is 3.56. The molecule has 6 nitrogen and oxygen atoms in total. The minimum Gasteiger partial charge on any atom is -0.367 e. The van der Waals surface area contributed by atoms with Crippen LogP contribution in [-0.2, 0) is 17.8 Å². The number of hydrogen-bond acceptors (Lipinski definition) is 5. The molecule has 0 saturated carbocycles. The Morgan fingerprint density at radius 1 is 1.59 bits per heavy atom. The second-order valence-electron chi connectivity index (χ2n) is 3.53. The molecule has 0 bridgehead atoms. The van der Waals surface area contributed by atoms with Crippen LogP contribution in [0.5, 0.6) is 0 Å². The van der Waals surface area contributed by atoms with Crippen LogP contribution in [-0.4, -0.2) is 27.2 Å². The average Bonchev–Trinajstić information content (AvgIpc) is 2.90. The molecule has 0 aromatic carbocycles. The van der Waals surface area contributed by atoms with E-state index >= 15 is 0 Å². The topological polar surface area (TPSA) is 85.8 Å². The zero-order valence-corrected chi connectivity index (χ0v) is 9.98. The Morgan fingerprint density at radius 2 is 2.47 bits per heavy atom. The van der Waals surface area contributed by atoms with Gasteiger partial charge in [0.25, 0.3) is 0 Å². The second-order valence-corrected chi connectivity index (χ2v) is 4.31. The first kappa shape index (κ1) is 11.6. The van der Waals surface area contributed by atoms with Gasteiger partial charge in [0.1, 0.15) is 12.9 Å². The minimum atomic E-state index is -0.0925. The summed E-state index contributed by atoms with van der Waals surface area (Å²) in [5.41, 5.74) is 6.58. The molecule has 0 saturated heterocycles. The molecule has 2 aromatic rings. The lowest BCUT2D eigenvalue weighted by atomic mass is 10.2. The van der Waals surface area contributed by atoms with Crippen molar-refractivity contribution in [1.29, 1.82) is 0 Å². The van der Waals surface area contributed by atoms with Crippen molar-refractivity contribution in [3.05, 3.63) is 28.7 Å². The van der Waals surface area contributed by atoms with E-state index < -0.39 is 0 Å². The molecule has 0 unspecified atom stereocenters. The van der Waals surface area contributed by atoms with E-state index in [1.54, 1.807) is 11.3 Å². The van der Waals surface area contributed by atoms with Crippen LogP contribution < -0.4 is 11.1 Å². The Hall–Kier alpha value is -1.89. The first-order chi connectivity index (χ1) is 8.24. The molecule has 0 aliphatic heterocycles. The zero-order chi connectivity index (χ0) is 12.1. The number of amides is 1. The predicted octanol–water partition coefficient (Wildman–Crippen LogP) is 0.281. The van der Waals surface area contributed by atoms with E-state index in [-0.39, 0.29) is 18.4 Å². The summed E-state index contributed by atoms with van der Waals surface area (Å²) < 4.78 is 1.41. The van der Waals surface area contributed by atoms with E-state index in [9.17, 15) is 4.79 Å². The Kier molecular flexibility index (Phi) is 3.71. The zero-order valence-electron chi connectivity index (χ0n) is 9.17. The fourth-order valence-corrected chi connectivity index (χ4v) is 2.07. The van der Waals surface area contributed by atoms with Crippen LogP contribution in [0.1, 0.15) is 5.56 Å². The van der Waals surface area contributed by atoms with E-state index in [1.165, 1.54) is 16.6 Å². The fourth-order valence-electron chi connectivity index (χ4n) is 1.37. The summed E-state index contributed by atoms with van der Waals surface area (Å²) in [5.74, 6) is 0.0844. The number of carbonyl (C=O) groups is 1. The van der Waals surface area contributed by atoms with Gasteiger partial charge in [-0.25, -0.2) is 9.67 Å². The van der Waals surface area contributed by atoms with Crippen LogP contribution in [0.3, 0.4) is 0 Å². The Labute approximate surface area is 102 Å². The largest absolute Gasteiger partial charge is 0.367 e. The molecule has 0 atom stereocenters.